The second-order valence-electron chi connectivity index (χ2n) is 8.56. The number of likely N-dealkylation sites (tertiary alicyclic amines) is 1. The van der Waals surface area contributed by atoms with E-state index in [0.29, 0.717) is 18.1 Å². The molecule has 1 fully saturated rings. The largest absolute Gasteiger partial charge is 0.493 e. The first-order valence-corrected chi connectivity index (χ1v) is 11.2. The lowest BCUT2D eigenvalue weighted by Crippen LogP contribution is -2.43. The Balaban J connectivity index is 1.13. The van der Waals surface area contributed by atoms with Crippen LogP contribution < -0.4 is 15.6 Å². The summed E-state index contributed by atoms with van der Waals surface area (Å²) in [5.41, 5.74) is 3.23. The zero-order valence-corrected chi connectivity index (χ0v) is 17.6. The summed E-state index contributed by atoms with van der Waals surface area (Å²) in [5, 5.41) is 4.59. The van der Waals surface area contributed by atoms with E-state index < -0.39 is 0 Å². The highest BCUT2D eigenvalue weighted by atomic mass is 19.1. The lowest BCUT2D eigenvalue weighted by Gasteiger charge is -2.32. The number of halogens is 1. The minimum Gasteiger partial charge on any atom is -0.493 e. The molecule has 1 aromatic heterocycles. The molecule has 3 heterocycles. The van der Waals surface area contributed by atoms with E-state index >= 15 is 0 Å². The molecule has 2 aliphatic rings. The molecule has 0 aliphatic carbocycles. The van der Waals surface area contributed by atoms with Crippen LogP contribution in [0.25, 0.3) is 10.9 Å². The van der Waals surface area contributed by atoms with Gasteiger partial charge in [-0.25, -0.2) is 4.39 Å². The average Bonchev–Trinajstić information content (AvgIpc) is 3.26. The fourth-order valence-electron chi connectivity index (χ4n) is 4.71. The number of nitrogens with one attached hydrogen (secondary N) is 1. The fourth-order valence-corrected chi connectivity index (χ4v) is 4.71. The van der Waals surface area contributed by atoms with Gasteiger partial charge in [-0.1, -0.05) is 12.1 Å². The lowest BCUT2D eigenvalue weighted by atomic mass is 10.0. The number of nitrogens with zero attached hydrogens (tertiary/aromatic N) is 2. The highest BCUT2D eigenvalue weighted by molar-refractivity contribution is 5.78. The molecule has 0 saturated carbocycles. The molecular weight excluding hydrogens is 393 g/mol. The topological polar surface area (TPSA) is 46.5 Å². The molecule has 162 valence electrons. The average molecular weight is 422 g/mol. The molecule has 3 aromatic rings. The van der Waals surface area contributed by atoms with Crippen LogP contribution in [-0.2, 0) is 19.5 Å². The maximum absolute atomic E-state index is 13.7. The number of ether oxygens (including phenoxy) is 1. The Bertz CT molecular complexity index is 1140. The first-order valence-electron chi connectivity index (χ1n) is 11.2. The van der Waals surface area contributed by atoms with Crippen molar-refractivity contribution in [2.45, 2.75) is 38.4 Å². The quantitative estimate of drug-likeness (QED) is 0.663. The van der Waals surface area contributed by atoms with Gasteiger partial charge in [0, 0.05) is 38.2 Å². The van der Waals surface area contributed by atoms with Gasteiger partial charge in [0.2, 0.25) is 0 Å². The molecule has 0 bridgehead atoms. The normalized spacial score (nSPS) is 17.1. The highest BCUT2D eigenvalue weighted by Gasteiger charge is 2.19. The van der Waals surface area contributed by atoms with E-state index in [9.17, 15) is 9.18 Å². The van der Waals surface area contributed by atoms with Gasteiger partial charge in [0.25, 0.3) is 5.56 Å². The minimum absolute atomic E-state index is 0.0746. The monoisotopic (exact) mass is 421 g/mol. The molecule has 1 N–H and O–H groups in total. The molecule has 2 aromatic carbocycles. The van der Waals surface area contributed by atoms with Crippen LogP contribution in [0.5, 0.6) is 5.75 Å². The number of hydrogen-bond donors (Lipinski definition) is 1. The van der Waals surface area contributed by atoms with E-state index in [2.05, 4.69) is 28.4 Å². The van der Waals surface area contributed by atoms with Gasteiger partial charge in [-0.2, -0.15) is 0 Å². The number of piperidine rings is 1. The third-order valence-corrected chi connectivity index (χ3v) is 6.53. The van der Waals surface area contributed by atoms with Gasteiger partial charge in [-0.15, -0.1) is 0 Å². The van der Waals surface area contributed by atoms with Crippen LogP contribution in [0, 0.1) is 5.82 Å². The Labute approximate surface area is 181 Å². The molecule has 31 heavy (non-hydrogen) atoms. The van der Waals surface area contributed by atoms with Crippen LogP contribution in [0.2, 0.25) is 0 Å². The third-order valence-electron chi connectivity index (χ3n) is 6.53. The maximum atomic E-state index is 13.7. The van der Waals surface area contributed by atoms with Crippen molar-refractivity contribution >= 4 is 10.9 Å². The van der Waals surface area contributed by atoms with E-state index in [1.807, 2.05) is 0 Å². The van der Waals surface area contributed by atoms with Gasteiger partial charge in [0.05, 0.1) is 12.1 Å². The first kappa shape index (κ1) is 20.2. The Morgan fingerprint density at radius 1 is 1.03 bits per heavy atom. The standard InChI is InChI=1S/C25H28FN3O2/c26-21-4-2-19-3-6-25(30)29(23(19)16-21)13-12-28-10-7-22(8-11-28)27-17-18-1-5-24-20(15-18)9-14-31-24/h1-6,15-16,22,27H,7-14,17H2. The Morgan fingerprint density at radius 2 is 1.87 bits per heavy atom. The molecule has 0 amide bonds. The van der Waals surface area contributed by atoms with Crippen molar-refractivity contribution in [1.82, 2.24) is 14.8 Å². The van der Waals surface area contributed by atoms with Crippen LogP contribution in [-0.4, -0.2) is 41.8 Å². The zero-order valence-electron chi connectivity index (χ0n) is 17.6. The number of hydrogen-bond acceptors (Lipinski definition) is 4. The van der Waals surface area contributed by atoms with Crippen molar-refractivity contribution in [3.63, 3.8) is 0 Å². The van der Waals surface area contributed by atoms with Crippen molar-refractivity contribution in [2.24, 2.45) is 0 Å². The van der Waals surface area contributed by atoms with Crippen LogP contribution in [0.1, 0.15) is 24.0 Å². The molecule has 5 rings (SSSR count). The lowest BCUT2D eigenvalue weighted by molar-refractivity contribution is 0.191. The predicted octanol–water partition coefficient (Wildman–Crippen LogP) is 3.33. The molecule has 6 heteroatoms. The van der Waals surface area contributed by atoms with Gasteiger partial charge in [0.1, 0.15) is 11.6 Å². The number of fused-ring (bicyclic) bond motifs is 2. The second kappa shape index (κ2) is 8.81. The summed E-state index contributed by atoms with van der Waals surface area (Å²) in [5.74, 6) is 0.722. The van der Waals surface area contributed by atoms with E-state index in [-0.39, 0.29) is 11.4 Å². The second-order valence-corrected chi connectivity index (χ2v) is 8.56. The number of aromatic nitrogens is 1. The summed E-state index contributed by atoms with van der Waals surface area (Å²) in [6.45, 7) is 5.06. The molecule has 0 radical (unpaired) electrons. The Morgan fingerprint density at radius 3 is 2.74 bits per heavy atom. The number of pyridine rings is 1. The van der Waals surface area contributed by atoms with E-state index in [1.165, 1.54) is 23.3 Å². The van der Waals surface area contributed by atoms with Crippen molar-refractivity contribution in [3.8, 4) is 5.75 Å². The zero-order chi connectivity index (χ0) is 21.2. The Hall–Kier alpha value is -2.70. The van der Waals surface area contributed by atoms with E-state index in [0.717, 1.165) is 63.2 Å². The van der Waals surface area contributed by atoms with Crippen molar-refractivity contribution < 1.29 is 9.13 Å². The molecule has 1 saturated heterocycles. The van der Waals surface area contributed by atoms with Gasteiger partial charge < -0.3 is 19.5 Å². The van der Waals surface area contributed by atoms with E-state index in [4.69, 9.17) is 4.74 Å². The molecule has 5 nitrogen and oxygen atoms in total. The smallest absolute Gasteiger partial charge is 0.251 e. The number of benzene rings is 2. The first-order chi connectivity index (χ1) is 15.2. The summed E-state index contributed by atoms with van der Waals surface area (Å²) in [7, 11) is 0. The Kier molecular flexibility index (Phi) is 5.74. The fraction of sp³-hybridized carbons (Fsp3) is 0.400. The van der Waals surface area contributed by atoms with Crippen LogP contribution >= 0.6 is 0 Å². The molecule has 0 atom stereocenters. The summed E-state index contributed by atoms with van der Waals surface area (Å²) in [4.78, 5) is 14.8. The van der Waals surface area contributed by atoms with Crippen molar-refractivity contribution in [2.75, 3.05) is 26.2 Å². The van der Waals surface area contributed by atoms with E-state index in [1.54, 1.807) is 22.8 Å². The summed E-state index contributed by atoms with van der Waals surface area (Å²) in [6, 6.07) is 15.0. The minimum atomic E-state index is -0.311. The van der Waals surface area contributed by atoms with Crippen LogP contribution in [0.3, 0.4) is 0 Å². The molecular formula is C25H28FN3O2. The summed E-state index contributed by atoms with van der Waals surface area (Å²) >= 11 is 0. The van der Waals surface area contributed by atoms with Gasteiger partial charge in [-0.3, -0.25) is 4.79 Å². The van der Waals surface area contributed by atoms with Gasteiger partial charge >= 0.3 is 0 Å². The molecule has 0 spiro atoms. The van der Waals surface area contributed by atoms with Crippen molar-refractivity contribution in [1.29, 1.82) is 0 Å². The SMILES string of the molecule is O=c1ccc2ccc(F)cc2n1CCN1CCC(NCc2ccc3c(c2)CCO3)CC1. The number of rotatable bonds is 6. The summed E-state index contributed by atoms with van der Waals surface area (Å²) < 4.78 is 21.0. The predicted molar refractivity (Wildman–Crippen MR) is 120 cm³/mol. The van der Waals surface area contributed by atoms with Crippen molar-refractivity contribution in [3.05, 3.63) is 75.8 Å². The molecule has 0 unspecified atom stereocenters. The van der Waals surface area contributed by atoms with Gasteiger partial charge in [-0.05, 0) is 72.8 Å². The summed E-state index contributed by atoms with van der Waals surface area (Å²) in [6.07, 6.45) is 3.19. The molecule has 2 aliphatic heterocycles. The van der Waals surface area contributed by atoms with Gasteiger partial charge in [0.15, 0.2) is 0 Å². The third kappa shape index (κ3) is 4.50. The van der Waals surface area contributed by atoms with Crippen LogP contribution in [0.15, 0.2) is 53.3 Å². The highest BCUT2D eigenvalue weighted by Crippen LogP contribution is 2.26. The maximum Gasteiger partial charge on any atom is 0.251 e. The van der Waals surface area contributed by atoms with Crippen LogP contribution in [0.4, 0.5) is 4.39 Å².